The number of esters is 1. The van der Waals surface area contributed by atoms with Crippen LogP contribution in [0, 0.1) is 5.82 Å². The smallest absolute Gasteiger partial charge is 0.338 e. The predicted molar refractivity (Wildman–Crippen MR) is 171 cm³/mol. The van der Waals surface area contributed by atoms with Crippen LogP contribution in [0.5, 0.6) is 11.5 Å². The number of amides is 1. The number of rotatable bonds is 11. The first kappa shape index (κ1) is 32.1. The van der Waals surface area contributed by atoms with E-state index < -0.39 is 17.9 Å². The number of thiocarbonyl (C=S) groups is 1. The zero-order valence-corrected chi connectivity index (χ0v) is 27.1. The van der Waals surface area contributed by atoms with Crippen LogP contribution in [0.1, 0.15) is 36.6 Å². The van der Waals surface area contributed by atoms with Gasteiger partial charge >= 0.3 is 5.97 Å². The first-order chi connectivity index (χ1) is 20.7. The van der Waals surface area contributed by atoms with Gasteiger partial charge in [-0.05, 0) is 99.4 Å². The van der Waals surface area contributed by atoms with E-state index in [4.69, 9.17) is 26.4 Å². The van der Waals surface area contributed by atoms with Crippen molar-refractivity contribution in [2.45, 2.75) is 26.5 Å². The normalized spacial score (nSPS) is 14.6. The third-order valence-electron chi connectivity index (χ3n) is 6.07. The lowest BCUT2D eigenvalue weighted by molar-refractivity contribution is -0.139. The maximum atomic E-state index is 13.1. The molecule has 0 fully saturated rings. The van der Waals surface area contributed by atoms with Crippen molar-refractivity contribution in [3.05, 3.63) is 103 Å². The Labute approximate surface area is 270 Å². The van der Waals surface area contributed by atoms with Gasteiger partial charge in [-0.15, -0.1) is 0 Å². The Bertz CT molecular complexity index is 1560. The van der Waals surface area contributed by atoms with Crippen molar-refractivity contribution in [2.75, 3.05) is 13.2 Å². The Morgan fingerprint density at radius 2 is 1.79 bits per heavy atom. The third-order valence-corrected chi connectivity index (χ3v) is 7.47. The summed E-state index contributed by atoms with van der Waals surface area (Å²) in [4.78, 5) is 25.3. The van der Waals surface area contributed by atoms with Crippen molar-refractivity contribution in [3.63, 3.8) is 0 Å². The highest BCUT2D eigenvalue weighted by atomic mass is 79.9. The van der Waals surface area contributed by atoms with Crippen LogP contribution in [0.2, 0.25) is 0 Å². The van der Waals surface area contributed by atoms with E-state index in [1.165, 1.54) is 18.3 Å². The molecule has 3 aromatic rings. The number of hydrazone groups is 1. The number of nitrogens with one attached hydrogen (secondary N) is 3. The van der Waals surface area contributed by atoms with Crippen molar-refractivity contribution >= 4 is 67.3 Å². The van der Waals surface area contributed by atoms with Crippen molar-refractivity contribution in [1.29, 1.82) is 0 Å². The highest BCUT2D eigenvalue weighted by Crippen LogP contribution is 2.35. The van der Waals surface area contributed by atoms with E-state index >= 15 is 0 Å². The second-order valence-electron chi connectivity index (χ2n) is 9.14. The number of nitrogens with zero attached hydrogens (tertiary/aromatic N) is 1. The molecule has 0 unspecified atom stereocenters. The summed E-state index contributed by atoms with van der Waals surface area (Å²) in [5, 5.41) is 10.4. The first-order valence-electron chi connectivity index (χ1n) is 13.0. The van der Waals surface area contributed by atoms with Crippen LogP contribution in [-0.2, 0) is 20.9 Å². The molecular weight excluding hydrogens is 707 g/mol. The van der Waals surface area contributed by atoms with Gasteiger partial charge in [0.1, 0.15) is 23.9 Å². The molecule has 4 rings (SSSR count). The molecule has 3 aromatic carbocycles. The van der Waals surface area contributed by atoms with Crippen molar-refractivity contribution in [3.8, 4) is 11.5 Å². The Kier molecular flexibility index (Phi) is 11.3. The fourth-order valence-corrected chi connectivity index (χ4v) is 5.86. The molecule has 1 amide bonds. The molecule has 9 nitrogen and oxygen atoms in total. The average molecular weight is 734 g/mol. The lowest BCUT2D eigenvalue weighted by atomic mass is 9.95. The number of benzene rings is 3. The highest BCUT2D eigenvalue weighted by Gasteiger charge is 2.32. The van der Waals surface area contributed by atoms with Gasteiger partial charge in [0.15, 0.2) is 11.7 Å². The Balaban J connectivity index is 1.37. The van der Waals surface area contributed by atoms with E-state index in [2.05, 4.69) is 53.0 Å². The van der Waals surface area contributed by atoms with Gasteiger partial charge in [-0.3, -0.25) is 4.79 Å². The van der Waals surface area contributed by atoms with Gasteiger partial charge in [0.05, 0.1) is 33.4 Å². The molecule has 3 N–H and O–H groups in total. The molecule has 0 saturated heterocycles. The van der Waals surface area contributed by atoms with Gasteiger partial charge < -0.3 is 24.8 Å². The molecule has 0 aromatic heterocycles. The first-order valence-corrected chi connectivity index (χ1v) is 15.0. The molecule has 1 heterocycles. The van der Waals surface area contributed by atoms with E-state index in [9.17, 15) is 14.0 Å². The largest absolute Gasteiger partial charge is 0.487 e. The minimum Gasteiger partial charge on any atom is -0.487 e. The molecule has 0 bridgehead atoms. The summed E-state index contributed by atoms with van der Waals surface area (Å²) < 4.78 is 31.4. The SMILES string of the molecule is CCOC(=O)C1=C(C)NC(=S)N[C@@H]1c1ccccc1OCC(=O)NN=Cc1cc(Br)c(OCc2ccc(F)cc2)c(Br)c1. The van der Waals surface area contributed by atoms with Gasteiger partial charge in [-0.2, -0.15) is 5.10 Å². The van der Waals surface area contributed by atoms with Gasteiger partial charge in [-0.1, -0.05) is 30.3 Å². The van der Waals surface area contributed by atoms with Crippen LogP contribution in [0.25, 0.3) is 0 Å². The molecule has 43 heavy (non-hydrogen) atoms. The molecular formula is C30H27Br2FN4O5S. The number of halogens is 3. The molecule has 13 heteroatoms. The number of hydrogen-bond acceptors (Lipinski definition) is 7. The van der Waals surface area contributed by atoms with E-state index in [1.807, 2.05) is 0 Å². The minimum absolute atomic E-state index is 0.217. The summed E-state index contributed by atoms with van der Waals surface area (Å²) in [6, 6.07) is 16.0. The number of para-hydroxylation sites is 1. The standard InChI is InChI=1S/C30H27Br2FN4O5S/c1-3-40-29(39)26-17(2)35-30(43)36-27(26)21-6-4-5-7-24(21)41-16-25(38)37-34-14-19-12-22(31)28(23(32)13-19)42-15-18-8-10-20(33)11-9-18/h4-14,27H,3,15-16H2,1-2H3,(H,37,38)(H2,35,36,43)/t27-/m1/s1. The summed E-state index contributed by atoms with van der Waals surface area (Å²) in [6.07, 6.45) is 1.48. The maximum absolute atomic E-state index is 13.1. The molecule has 1 atom stereocenters. The van der Waals surface area contributed by atoms with Gasteiger partial charge in [0, 0.05) is 11.3 Å². The van der Waals surface area contributed by atoms with E-state index in [0.29, 0.717) is 48.0 Å². The van der Waals surface area contributed by atoms with Crippen molar-refractivity contribution in [1.82, 2.24) is 16.1 Å². The third kappa shape index (κ3) is 8.62. The summed E-state index contributed by atoms with van der Waals surface area (Å²) in [7, 11) is 0. The van der Waals surface area contributed by atoms with E-state index in [0.717, 1.165) is 5.56 Å². The highest BCUT2D eigenvalue weighted by molar-refractivity contribution is 9.11. The zero-order valence-electron chi connectivity index (χ0n) is 23.1. The van der Waals surface area contributed by atoms with Crippen molar-refractivity contribution in [2.24, 2.45) is 5.10 Å². The zero-order chi connectivity index (χ0) is 30.9. The molecule has 1 aliphatic rings. The Morgan fingerprint density at radius 3 is 2.49 bits per heavy atom. The second kappa shape index (κ2) is 15.1. The fraction of sp³-hybridized carbons (Fsp3) is 0.200. The van der Waals surface area contributed by atoms with E-state index in [1.54, 1.807) is 62.4 Å². The number of hydrogen-bond donors (Lipinski definition) is 3. The number of ether oxygens (including phenoxy) is 3. The van der Waals surface area contributed by atoms with Gasteiger partial charge in [0.2, 0.25) is 0 Å². The van der Waals surface area contributed by atoms with Crippen LogP contribution < -0.4 is 25.5 Å². The fourth-order valence-electron chi connectivity index (χ4n) is 4.14. The molecule has 1 aliphatic heterocycles. The molecule has 0 saturated carbocycles. The topological polar surface area (TPSA) is 110 Å². The average Bonchev–Trinajstić information content (AvgIpc) is 2.96. The molecule has 0 aliphatic carbocycles. The summed E-state index contributed by atoms with van der Waals surface area (Å²) >= 11 is 12.3. The Hall–Kier alpha value is -3.81. The summed E-state index contributed by atoms with van der Waals surface area (Å²) in [5.41, 5.74) is 5.49. The minimum atomic E-state index is -0.635. The second-order valence-corrected chi connectivity index (χ2v) is 11.3. The molecule has 224 valence electrons. The lowest BCUT2D eigenvalue weighted by Gasteiger charge is -2.30. The van der Waals surface area contributed by atoms with Crippen molar-refractivity contribution < 1.29 is 28.2 Å². The number of carbonyl (C=O) groups is 2. The van der Waals surface area contributed by atoms with Gasteiger partial charge in [0.25, 0.3) is 5.91 Å². The maximum Gasteiger partial charge on any atom is 0.338 e. The monoisotopic (exact) mass is 732 g/mol. The van der Waals surface area contributed by atoms with Gasteiger partial charge in [-0.25, -0.2) is 14.6 Å². The van der Waals surface area contributed by atoms with E-state index in [-0.39, 0.29) is 25.6 Å². The lowest BCUT2D eigenvalue weighted by Crippen LogP contribution is -2.45. The van der Waals surface area contributed by atoms with Crippen LogP contribution in [0.3, 0.4) is 0 Å². The number of carbonyl (C=O) groups excluding carboxylic acids is 2. The van der Waals surface area contributed by atoms with Crippen LogP contribution in [-0.4, -0.2) is 36.4 Å². The van der Waals surface area contributed by atoms with Crippen LogP contribution in [0.15, 0.2) is 86.0 Å². The summed E-state index contributed by atoms with van der Waals surface area (Å²) in [6.45, 7) is 3.62. The number of allylic oxidation sites excluding steroid dienone is 1. The molecule has 0 spiro atoms. The quantitative estimate of drug-likeness (QED) is 0.0981. The molecule has 0 radical (unpaired) electrons. The van der Waals surface area contributed by atoms with Crippen LogP contribution in [0.4, 0.5) is 4.39 Å². The predicted octanol–water partition coefficient (Wildman–Crippen LogP) is 5.81. The Morgan fingerprint density at radius 1 is 1.09 bits per heavy atom. The van der Waals surface area contributed by atoms with Crippen LogP contribution >= 0.6 is 44.1 Å². The summed E-state index contributed by atoms with van der Waals surface area (Å²) in [5.74, 6) is -0.329.